The molecule has 338 valence electrons. The Morgan fingerprint density at radius 1 is 0.196 bits per heavy atom. The molecule has 13 nitrogen and oxygen atoms in total. The van der Waals surface area contributed by atoms with E-state index in [2.05, 4.69) is 6.92 Å². The largest absolute Gasteiger partial charge is 0.379 e. The molecule has 14 heteroatoms. The summed E-state index contributed by atoms with van der Waals surface area (Å²) in [6.07, 6.45) is 19.2. The summed E-state index contributed by atoms with van der Waals surface area (Å²) >= 11 is 5.52. The number of rotatable bonds is 53. The fourth-order valence-electron chi connectivity index (χ4n) is 5.19. The first-order valence-electron chi connectivity index (χ1n) is 22.0. The number of hydrogen-bond acceptors (Lipinski definition) is 13. The normalized spacial score (nSPS) is 11.7. The van der Waals surface area contributed by atoms with Crippen molar-refractivity contribution in [1.82, 2.24) is 0 Å². The minimum absolute atomic E-state index is 0.498. The number of unbranched alkanes of at least 4 members (excludes halogenated alkanes) is 13. The lowest BCUT2D eigenvalue weighted by atomic mass is 10.0. The molecule has 0 bridgehead atoms. The van der Waals surface area contributed by atoms with E-state index in [4.69, 9.17) is 73.2 Å². The summed E-state index contributed by atoms with van der Waals surface area (Å²) in [4.78, 5) is 0. The first-order valence-corrected chi connectivity index (χ1v) is 22.5. The Balaban J connectivity index is 3.05. The van der Waals surface area contributed by atoms with Gasteiger partial charge in [-0.3, -0.25) is 0 Å². The maximum Gasteiger partial charge on any atom is 0.0701 e. The molecule has 0 fully saturated rings. The standard InChI is InChI=1S/C42H85ClO13/c1-2-3-4-5-6-7-8-9-10-11-12-13-14-15-17-44-19-21-46-23-25-48-27-29-50-31-33-52-35-37-54-39-41-56-42-40-55-38-36-53-34-32-51-30-28-49-26-24-47-22-20-45-18-16-43/h2-42H2,1H3. The molecule has 0 aliphatic heterocycles. The highest BCUT2D eigenvalue weighted by Crippen LogP contribution is 2.13. The van der Waals surface area contributed by atoms with E-state index in [1.54, 1.807) is 0 Å². The average molecular weight is 834 g/mol. The molecule has 0 saturated carbocycles. The van der Waals surface area contributed by atoms with Gasteiger partial charge in [-0.2, -0.15) is 0 Å². The molecule has 0 rings (SSSR count). The number of halogens is 1. The Morgan fingerprint density at radius 2 is 0.357 bits per heavy atom. The van der Waals surface area contributed by atoms with Crippen LogP contribution in [0.15, 0.2) is 0 Å². The predicted molar refractivity (Wildman–Crippen MR) is 222 cm³/mol. The van der Waals surface area contributed by atoms with Crippen molar-refractivity contribution in [3.05, 3.63) is 0 Å². The topological polar surface area (TPSA) is 120 Å². The maximum atomic E-state index is 5.69. The van der Waals surface area contributed by atoms with Gasteiger partial charge in [0.15, 0.2) is 0 Å². The molecule has 0 amide bonds. The fourth-order valence-corrected chi connectivity index (χ4v) is 5.30. The molecule has 0 heterocycles. The molecule has 0 aromatic carbocycles. The Labute approximate surface area is 346 Å². The van der Waals surface area contributed by atoms with E-state index in [1.165, 1.54) is 83.5 Å². The molecule has 0 radical (unpaired) electrons. The molecule has 0 saturated heterocycles. The van der Waals surface area contributed by atoms with Crippen LogP contribution in [0.25, 0.3) is 0 Å². The van der Waals surface area contributed by atoms with Gasteiger partial charge < -0.3 is 61.6 Å². The summed E-state index contributed by atoms with van der Waals surface area (Å²) in [7, 11) is 0. The van der Waals surface area contributed by atoms with Gasteiger partial charge in [0.05, 0.1) is 165 Å². The third-order valence-electron chi connectivity index (χ3n) is 8.33. The van der Waals surface area contributed by atoms with Crippen LogP contribution >= 0.6 is 11.6 Å². The van der Waals surface area contributed by atoms with E-state index >= 15 is 0 Å². The Morgan fingerprint density at radius 3 is 0.554 bits per heavy atom. The van der Waals surface area contributed by atoms with Gasteiger partial charge in [-0.15, -0.1) is 11.6 Å². The molecule has 56 heavy (non-hydrogen) atoms. The summed E-state index contributed by atoms with van der Waals surface area (Å²) in [5.41, 5.74) is 0. The lowest BCUT2D eigenvalue weighted by molar-refractivity contribution is -0.0289. The van der Waals surface area contributed by atoms with Gasteiger partial charge in [0, 0.05) is 12.5 Å². The molecule has 0 N–H and O–H groups in total. The molecule has 0 spiro atoms. The van der Waals surface area contributed by atoms with Crippen LogP contribution in [-0.2, 0) is 61.6 Å². The molecule has 0 aliphatic carbocycles. The van der Waals surface area contributed by atoms with Crippen LogP contribution < -0.4 is 0 Å². The zero-order valence-corrected chi connectivity index (χ0v) is 36.4. The highest BCUT2D eigenvalue weighted by atomic mass is 35.5. The van der Waals surface area contributed by atoms with Gasteiger partial charge >= 0.3 is 0 Å². The molecular weight excluding hydrogens is 748 g/mol. The summed E-state index contributed by atoms with van der Waals surface area (Å²) in [5, 5.41) is 0. The second kappa shape index (κ2) is 54.8. The van der Waals surface area contributed by atoms with Crippen molar-refractivity contribution in [3.8, 4) is 0 Å². The Hall–Kier alpha value is -0.230. The van der Waals surface area contributed by atoms with Crippen molar-refractivity contribution in [2.45, 2.75) is 96.8 Å². The van der Waals surface area contributed by atoms with E-state index < -0.39 is 0 Å². The van der Waals surface area contributed by atoms with Gasteiger partial charge in [-0.05, 0) is 6.42 Å². The van der Waals surface area contributed by atoms with Crippen LogP contribution in [0.3, 0.4) is 0 Å². The van der Waals surface area contributed by atoms with Crippen LogP contribution in [0.1, 0.15) is 96.8 Å². The predicted octanol–water partition coefficient (Wildman–Crippen LogP) is 6.92. The van der Waals surface area contributed by atoms with Crippen molar-refractivity contribution in [2.75, 3.05) is 178 Å². The number of ether oxygens (including phenoxy) is 13. The quantitative estimate of drug-likeness (QED) is 0.0467. The second-order valence-electron chi connectivity index (χ2n) is 13.2. The maximum absolute atomic E-state index is 5.69. The van der Waals surface area contributed by atoms with E-state index in [0.29, 0.717) is 171 Å². The van der Waals surface area contributed by atoms with E-state index in [-0.39, 0.29) is 0 Å². The second-order valence-corrected chi connectivity index (χ2v) is 13.6. The zero-order chi connectivity index (χ0) is 40.2. The van der Waals surface area contributed by atoms with Gasteiger partial charge in [-0.1, -0.05) is 90.4 Å². The minimum Gasteiger partial charge on any atom is -0.379 e. The van der Waals surface area contributed by atoms with Gasteiger partial charge in [-0.25, -0.2) is 0 Å². The van der Waals surface area contributed by atoms with Crippen LogP contribution in [0, 0.1) is 0 Å². The van der Waals surface area contributed by atoms with Crippen molar-refractivity contribution in [1.29, 1.82) is 0 Å². The van der Waals surface area contributed by atoms with Crippen LogP contribution in [-0.4, -0.2) is 178 Å². The number of hydrogen-bond donors (Lipinski definition) is 0. The van der Waals surface area contributed by atoms with Gasteiger partial charge in [0.1, 0.15) is 0 Å². The van der Waals surface area contributed by atoms with Crippen LogP contribution in [0.2, 0.25) is 0 Å². The SMILES string of the molecule is CCCCCCCCCCCCCCCCOCCOCCOCCOCCOCCOCCOCCOCCOCCOCCOCCOCCOCCCl. The van der Waals surface area contributed by atoms with Crippen molar-refractivity contribution >= 4 is 11.6 Å². The molecule has 0 atom stereocenters. The van der Waals surface area contributed by atoms with Crippen LogP contribution in [0.4, 0.5) is 0 Å². The first-order chi connectivity index (χ1) is 27.9. The lowest BCUT2D eigenvalue weighted by Crippen LogP contribution is -2.15. The molecule has 0 unspecified atom stereocenters. The Bertz CT molecular complexity index is 618. The number of alkyl halides is 1. The van der Waals surface area contributed by atoms with Crippen molar-refractivity contribution in [2.24, 2.45) is 0 Å². The van der Waals surface area contributed by atoms with E-state index in [9.17, 15) is 0 Å². The highest BCUT2D eigenvalue weighted by Gasteiger charge is 1.98. The smallest absolute Gasteiger partial charge is 0.0701 e. The van der Waals surface area contributed by atoms with E-state index in [0.717, 1.165) is 13.0 Å². The average Bonchev–Trinajstić information content (AvgIpc) is 3.21. The first kappa shape index (κ1) is 55.8. The van der Waals surface area contributed by atoms with Gasteiger partial charge in [0.25, 0.3) is 0 Å². The Kier molecular flexibility index (Phi) is 54.5. The third kappa shape index (κ3) is 53.8. The molecule has 0 aliphatic rings. The summed E-state index contributed by atoms with van der Waals surface area (Å²) < 4.78 is 71.3. The molecular formula is C42H85ClO13. The zero-order valence-electron chi connectivity index (χ0n) is 35.7. The monoisotopic (exact) mass is 833 g/mol. The lowest BCUT2D eigenvalue weighted by Gasteiger charge is -2.09. The van der Waals surface area contributed by atoms with Crippen LogP contribution in [0.5, 0.6) is 0 Å². The molecule has 0 aromatic heterocycles. The summed E-state index contributed by atoms with van der Waals surface area (Å²) in [6, 6.07) is 0. The fraction of sp³-hybridized carbons (Fsp3) is 1.00. The van der Waals surface area contributed by atoms with Crippen molar-refractivity contribution in [3.63, 3.8) is 0 Å². The van der Waals surface area contributed by atoms with Crippen molar-refractivity contribution < 1.29 is 61.6 Å². The minimum atomic E-state index is 0.498. The summed E-state index contributed by atoms with van der Waals surface area (Å²) in [6.45, 7) is 16.5. The molecule has 0 aromatic rings. The highest BCUT2D eigenvalue weighted by molar-refractivity contribution is 6.17. The van der Waals surface area contributed by atoms with Gasteiger partial charge in [0.2, 0.25) is 0 Å². The van der Waals surface area contributed by atoms with E-state index in [1.807, 2.05) is 0 Å². The summed E-state index contributed by atoms with van der Waals surface area (Å²) in [5.74, 6) is 0.498. The third-order valence-corrected chi connectivity index (χ3v) is 8.48.